The molecule has 1 fully saturated rings. The van der Waals surface area contributed by atoms with E-state index in [4.69, 9.17) is 0 Å². The molecule has 2 atom stereocenters. The molecule has 1 saturated carbocycles. The highest BCUT2D eigenvalue weighted by atomic mass is 19.1. The third kappa shape index (κ3) is 3.12. The fourth-order valence-electron chi connectivity index (χ4n) is 2.43. The fourth-order valence-corrected chi connectivity index (χ4v) is 2.43. The van der Waals surface area contributed by atoms with E-state index in [0.29, 0.717) is 5.92 Å². The zero-order chi connectivity index (χ0) is 9.19. The van der Waals surface area contributed by atoms with Gasteiger partial charge >= 0.3 is 0 Å². The van der Waals surface area contributed by atoms with Crippen molar-refractivity contribution in [1.29, 1.82) is 0 Å². The van der Waals surface area contributed by atoms with E-state index in [-0.39, 0.29) is 0 Å². The van der Waals surface area contributed by atoms with E-state index < -0.39 is 5.67 Å². The Morgan fingerprint density at radius 3 is 2.67 bits per heavy atom. The average molecular weight is 172 g/mol. The summed E-state index contributed by atoms with van der Waals surface area (Å²) in [6, 6.07) is 0. The van der Waals surface area contributed by atoms with Gasteiger partial charge < -0.3 is 0 Å². The van der Waals surface area contributed by atoms with Crippen molar-refractivity contribution in [1.82, 2.24) is 0 Å². The second-order valence-corrected chi connectivity index (χ2v) is 5.01. The van der Waals surface area contributed by atoms with Gasteiger partial charge in [-0.15, -0.1) is 0 Å². The summed E-state index contributed by atoms with van der Waals surface area (Å²) in [4.78, 5) is 0. The van der Waals surface area contributed by atoms with Crippen LogP contribution < -0.4 is 0 Å². The lowest BCUT2D eigenvalue weighted by molar-refractivity contribution is 0.0864. The molecule has 1 aliphatic rings. The molecule has 0 bridgehead atoms. The third-order valence-corrected chi connectivity index (χ3v) is 2.83. The minimum absolute atomic E-state index is 0.647. The number of hydrogen-bond donors (Lipinski definition) is 0. The first kappa shape index (κ1) is 10.0. The minimum atomic E-state index is -0.863. The highest BCUT2D eigenvalue weighted by Gasteiger charge is 2.31. The van der Waals surface area contributed by atoms with E-state index in [0.717, 1.165) is 25.2 Å². The summed E-state index contributed by atoms with van der Waals surface area (Å²) >= 11 is 0. The molecule has 0 aromatic heterocycles. The predicted molar refractivity (Wildman–Crippen MR) is 50.9 cm³/mol. The maximum atomic E-state index is 13.6. The normalized spacial score (nSPS) is 37.2. The number of rotatable bonds is 2. The van der Waals surface area contributed by atoms with Gasteiger partial charge in [-0.05, 0) is 38.0 Å². The van der Waals surface area contributed by atoms with Gasteiger partial charge in [0.1, 0.15) is 5.67 Å². The number of alkyl halides is 1. The van der Waals surface area contributed by atoms with Crippen molar-refractivity contribution >= 4 is 0 Å². The highest BCUT2D eigenvalue weighted by molar-refractivity contribution is 4.83. The molecule has 0 aromatic rings. The average Bonchev–Trinajstić information content (AvgIpc) is 1.82. The Kier molecular flexibility index (Phi) is 3.14. The van der Waals surface area contributed by atoms with Gasteiger partial charge in [0, 0.05) is 0 Å². The van der Waals surface area contributed by atoms with Crippen molar-refractivity contribution in [3.63, 3.8) is 0 Å². The van der Waals surface area contributed by atoms with Crippen LogP contribution in [0.5, 0.6) is 0 Å². The summed E-state index contributed by atoms with van der Waals surface area (Å²) in [6.07, 6.45) is 5.12. The summed E-state index contributed by atoms with van der Waals surface area (Å²) in [5, 5.41) is 0. The smallest absolute Gasteiger partial charge is 0.108 e. The largest absolute Gasteiger partial charge is 0.244 e. The first-order chi connectivity index (χ1) is 5.49. The molecule has 1 rings (SSSR count). The Labute approximate surface area is 75.5 Å². The molecule has 0 saturated heterocycles. The van der Waals surface area contributed by atoms with Gasteiger partial charge in [0.15, 0.2) is 0 Å². The Bertz CT molecular complexity index is 138. The lowest BCUT2D eigenvalue weighted by Crippen LogP contribution is -2.27. The zero-order valence-electron chi connectivity index (χ0n) is 8.57. The molecule has 1 heteroatoms. The van der Waals surface area contributed by atoms with Gasteiger partial charge in [-0.1, -0.05) is 26.7 Å². The zero-order valence-corrected chi connectivity index (χ0v) is 8.57. The highest BCUT2D eigenvalue weighted by Crippen LogP contribution is 2.37. The van der Waals surface area contributed by atoms with Crippen molar-refractivity contribution in [3.05, 3.63) is 0 Å². The van der Waals surface area contributed by atoms with Crippen LogP contribution in [0.2, 0.25) is 0 Å². The summed E-state index contributed by atoms with van der Waals surface area (Å²) < 4.78 is 13.6. The molecule has 0 nitrogen and oxygen atoms in total. The van der Waals surface area contributed by atoms with Crippen LogP contribution >= 0.6 is 0 Å². The molecule has 0 aromatic carbocycles. The van der Waals surface area contributed by atoms with E-state index in [1.54, 1.807) is 6.92 Å². The lowest BCUT2D eigenvalue weighted by Gasteiger charge is -2.32. The Hall–Kier alpha value is -0.0700. The van der Waals surface area contributed by atoms with Crippen LogP contribution in [0.15, 0.2) is 0 Å². The summed E-state index contributed by atoms with van der Waals surface area (Å²) in [6.45, 7) is 6.22. The number of halogens is 1. The predicted octanol–water partition coefficient (Wildman–Crippen LogP) is 3.95. The molecule has 0 heterocycles. The third-order valence-electron chi connectivity index (χ3n) is 2.83. The topological polar surface area (TPSA) is 0 Å². The first-order valence-electron chi connectivity index (χ1n) is 5.18. The molecule has 1 aliphatic carbocycles. The van der Waals surface area contributed by atoms with Crippen molar-refractivity contribution in [2.24, 2.45) is 11.8 Å². The van der Waals surface area contributed by atoms with Crippen LogP contribution in [-0.2, 0) is 0 Å². The van der Waals surface area contributed by atoms with E-state index in [1.165, 1.54) is 12.8 Å². The molecule has 0 amide bonds. The van der Waals surface area contributed by atoms with Crippen LogP contribution in [0.1, 0.15) is 52.9 Å². The molecule has 0 aliphatic heterocycles. The van der Waals surface area contributed by atoms with E-state index in [9.17, 15) is 4.39 Å². The Balaban J connectivity index is 2.36. The Morgan fingerprint density at radius 2 is 2.17 bits per heavy atom. The van der Waals surface area contributed by atoms with Crippen molar-refractivity contribution in [2.45, 2.75) is 58.5 Å². The van der Waals surface area contributed by atoms with Crippen LogP contribution in [0, 0.1) is 11.8 Å². The van der Waals surface area contributed by atoms with E-state index in [1.807, 2.05) is 0 Å². The van der Waals surface area contributed by atoms with Gasteiger partial charge in [-0.3, -0.25) is 0 Å². The maximum Gasteiger partial charge on any atom is 0.108 e. The second-order valence-electron chi connectivity index (χ2n) is 5.01. The van der Waals surface area contributed by atoms with Crippen LogP contribution in [0.25, 0.3) is 0 Å². The molecule has 1 unspecified atom stereocenters. The van der Waals surface area contributed by atoms with Gasteiger partial charge in [0.25, 0.3) is 0 Å². The van der Waals surface area contributed by atoms with Gasteiger partial charge in [-0.25, -0.2) is 4.39 Å². The van der Waals surface area contributed by atoms with Gasteiger partial charge in [0.05, 0.1) is 0 Å². The molecule has 0 spiro atoms. The van der Waals surface area contributed by atoms with E-state index >= 15 is 0 Å². The quantitative estimate of drug-likeness (QED) is 0.591. The second kappa shape index (κ2) is 3.76. The summed E-state index contributed by atoms with van der Waals surface area (Å²) in [5.74, 6) is 1.37. The molecule has 0 radical (unpaired) electrons. The maximum absolute atomic E-state index is 13.6. The summed E-state index contributed by atoms with van der Waals surface area (Å²) in [5.41, 5.74) is -0.863. The van der Waals surface area contributed by atoms with Crippen LogP contribution in [-0.4, -0.2) is 5.67 Å². The monoisotopic (exact) mass is 172 g/mol. The first-order valence-corrected chi connectivity index (χ1v) is 5.18. The van der Waals surface area contributed by atoms with Crippen LogP contribution in [0.4, 0.5) is 4.39 Å². The van der Waals surface area contributed by atoms with Crippen molar-refractivity contribution in [3.8, 4) is 0 Å². The number of hydrogen-bond acceptors (Lipinski definition) is 0. The summed E-state index contributed by atoms with van der Waals surface area (Å²) in [7, 11) is 0. The molecule has 72 valence electrons. The Morgan fingerprint density at radius 1 is 1.50 bits per heavy atom. The fraction of sp³-hybridized carbons (Fsp3) is 1.00. The molecule has 0 N–H and O–H groups in total. The standard InChI is InChI=1S/C11H21F/c1-9(2)7-10-5-4-6-11(3,12)8-10/h9-10H,4-8H2,1-3H3/t10-,11?/m0/s1. The molecular weight excluding hydrogens is 151 g/mol. The van der Waals surface area contributed by atoms with Gasteiger partial charge in [-0.2, -0.15) is 0 Å². The van der Waals surface area contributed by atoms with Crippen molar-refractivity contribution < 1.29 is 4.39 Å². The van der Waals surface area contributed by atoms with Crippen molar-refractivity contribution in [2.75, 3.05) is 0 Å². The SMILES string of the molecule is CC(C)C[C@@H]1CCCC(C)(F)C1. The van der Waals surface area contributed by atoms with Crippen LogP contribution in [0.3, 0.4) is 0 Å². The lowest BCUT2D eigenvalue weighted by atomic mass is 9.77. The molecule has 12 heavy (non-hydrogen) atoms. The minimum Gasteiger partial charge on any atom is -0.244 e. The van der Waals surface area contributed by atoms with Gasteiger partial charge in [0.2, 0.25) is 0 Å². The van der Waals surface area contributed by atoms with E-state index in [2.05, 4.69) is 13.8 Å². The molecular formula is C11H21F.